The second kappa shape index (κ2) is 6.26. The van der Waals surface area contributed by atoms with Gasteiger partial charge in [-0.25, -0.2) is 4.79 Å². The highest BCUT2D eigenvalue weighted by Gasteiger charge is 2.30. The number of hydrogen-bond acceptors (Lipinski definition) is 3. The lowest BCUT2D eigenvalue weighted by Gasteiger charge is -2.19. The molecule has 0 saturated heterocycles. The van der Waals surface area contributed by atoms with Gasteiger partial charge in [-0.1, -0.05) is 31.2 Å². The minimum atomic E-state index is -0.107. The van der Waals surface area contributed by atoms with E-state index in [2.05, 4.69) is 50.5 Å². The smallest absolute Gasteiger partial charge is 0.315 e. The highest BCUT2D eigenvalue weighted by Crippen LogP contribution is 2.35. The number of aryl methyl sites for hydroxylation is 1. The Morgan fingerprint density at radius 1 is 1.33 bits per heavy atom. The molecular formula is C18H23N5O. The lowest BCUT2D eigenvalue weighted by molar-refractivity contribution is 0.233. The number of urea groups is 1. The van der Waals surface area contributed by atoms with Crippen LogP contribution in [-0.2, 0) is 25.8 Å². The molecule has 1 aliphatic heterocycles. The maximum Gasteiger partial charge on any atom is 0.315 e. The van der Waals surface area contributed by atoms with E-state index >= 15 is 0 Å². The fraction of sp³-hybridized carbons (Fsp3) is 0.500. The van der Waals surface area contributed by atoms with Crippen molar-refractivity contribution >= 4 is 6.03 Å². The predicted octanol–water partition coefficient (Wildman–Crippen LogP) is 2.00. The molecule has 126 valence electrons. The standard InChI is InChI=1S/C18H23N5O/c1-12-11-13-5-2-3-6-14(13)17(12)20-18(24)19-9-8-16-22-21-15-7-4-10-23(15)16/h2-3,5-6,12,17H,4,7-11H2,1H3,(H2,19,20,24)/t12-,17+/m0/s1. The number of rotatable bonds is 4. The highest BCUT2D eigenvalue weighted by molar-refractivity contribution is 5.74. The molecule has 1 aromatic heterocycles. The third-order valence-corrected chi connectivity index (χ3v) is 5.11. The molecule has 4 rings (SSSR count). The summed E-state index contributed by atoms with van der Waals surface area (Å²) in [4.78, 5) is 12.3. The fourth-order valence-corrected chi connectivity index (χ4v) is 3.89. The van der Waals surface area contributed by atoms with Crippen molar-refractivity contribution in [2.75, 3.05) is 6.54 Å². The Morgan fingerprint density at radius 3 is 3.12 bits per heavy atom. The highest BCUT2D eigenvalue weighted by atomic mass is 16.2. The predicted molar refractivity (Wildman–Crippen MR) is 90.6 cm³/mol. The van der Waals surface area contributed by atoms with Crippen molar-refractivity contribution in [3.8, 4) is 0 Å². The van der Waals surface area contributed by atoms with E-state index in [1.54, 1.807) is 0 Å². The molecule has 0 radical (unpaired) electrons. The molecule has 0 saturated carbocycles. The Labute approximate surface area is 141 Å². The van der Waals surface area contributed by atoms with Gasteiger partial charge in [-0.3, -0.25) is 0 Å². The number of carbonyl (C=O) groups excluding carboxylic acids is 1. The molecule has 2 aromatic rings. The maximum absolute atomic E-state index is 12.3. The summed E-state index contributed by atoms with van der Waals surface area (Å²) < 4.78 is 2.18. The van der Waals surface area contributed by atoms with Gasteiger partial charge < -0.3 is 15.2 Å². The van der Waals surface area contributed by atoms with Crippen LogP contribution in [0.3, 0.4) is 0 Å². The zero-order valence-corrected chi connectivity index (χ0v) is 14.0. The summed E-state index contributed by atoms with van der Waals surface area (Å²) in [5.41, 5.74) is 2.59. The quantitative estimate of drug-likeness (QED) is 0.903. The van der Waals surface area contributed by atoms with Gasteiger partial charge in [0.25, 0.3) is 0 Å². The summed E-state index contributed by atoms with van der Waals surface area (Å²) in [6.45, 7) is 3.76. The number of nitrogens with zero attached hydrogens (tertiary/aromatic N) is 3. The second-order valence-electron chi connectivity index (χ2n) is 6.80. The number of nitrogens with one attached hydrogen (secondary N) is 2. The minimum absolute atomic E-state index is 0.0959. The van der Waals surface area contributed by atoms with Crippen molar-refractivity contribution < 1.29 is 4.79 Å². The SMILES string of the molecule is C[C@H]1Cc2ccccc2[C@@H]1NC(=O)NCCc1nnc2n1CCC2. The lowest BCUT2D eigenvalue weighted by Crippen LogP contribution is -2.40. The van der Waals surface area contributed by atoms with Crippen molar-refractivity contribution in [2.24, 2.45) is 5.92 Å². The molecule has 0 spiro atoms. The molecule has 6 heteroatoms. The molecule has 2 N–H and O–H groups in total. The summed E-state index contributed by atoms with van der Waals surface area (Å²) in [6.07, 6.45) is 3.90. The van der Waals surface area contributed by atoms with Crippen LogP contribution in [0.5, 0.6) is 0 Å². The monoisotopic (exact) mass is 325 g/mol. The van der Waals surface area contributed by atoms with Crippen LogP contribution in [0.2, 0.25) is 0 Å². The van der Waals surface area contributed by atoms with Crippen LogP contribution in [0.25, 0.3) is 0 Å². The van der Waals surface area contributed by atoms with Crippen LogP contribution >= 0.6 is 0 Å². The van der Waals surface area contributed by atoms with E-state index in [4.69, 9.17) is 0 Å². The number of benzene rings is 1. The van der Waals surface area contributed by atoms with Gasteiger partial charge in [-0.15, -0.1) is 10.2 Å². The van der Waals surface area contributed by atoms with Gasteiger partial charge in [0, 0.05) is 25.9 Å². The van der Waals surface area contributed by atoms with Crippen molar-refractivity contribution in [3.63, 3.8) is 0 Å². The minimum Gasteiger partial charge on any atom is -0.338 e. The van der Waals surface area contributed by atoms with Crippen LogP contribution in [0.4, 0.5) is 4.79 Å². The van der Waals surface area contributed by atoms with Gasteiger partial charge in [0.15, 0.2) is 0 Å². The van der Waals surface area contributed by atoms with Gasteiger partial charge in [0.1, 0.15) is 11.6 Å². The van der Waals surface area contributed by atoms with Crippen molar-refractivity contribution in [1.29, 1.82) is 0 Å². The molecule has 2 heterocycles. The zero-order chi connectivity index (χ0) is 16.5. The molecular weight excluding hydrogens is 302 g/mol. The molecule has 1 aromatic carbocycles. The Hall–Kier alpha value is -2.37. The van der Waals surface area contributed by atoms with Crippen LogP contribution < -0.4 is 10.6 Å². The molecule has 2 amide bonds. The molecule has 0 fully saturated rings. The summed E-state index contributed by atoms with van der Waals surface area (Å²) in [5.74, 6) is 2.47. The molecule has 24 heavy (non-hydrogen) atoms. The van der Waals surface area contributed by atoms with Crippen LogP contribution in [0.1, 0.15) is 42.2 Å². The Balaban J connectivity index is 1.31. The summed E-state index contributed by atoms with van der Waals surface area (Å²) in [7, 11) is 0. The number of carbonyl (C=O) groups is 1. The van der Waals surface area contributed by atoms with E-state index in [0.717, 1.165) is 43.9 Å². The number of amides is 2. The zero-order valence-electron chi connectivity index (χ0n) is 14.0. The third-order valence-electron chi connectivity index (χ3n) is 5.11. The first-order valence-corrected chi connectivity index (χ1v) is 8.75. The Morgan fingerprint density at radius 2 is 2.21 bits per heavy atom. The Bertz CT molecular complexity index is 754. The van der Waals surface area contributed by atoms with E-state index < -0.39 is 0 Å². The van der Waals surface area contributed by atoms with Gasteiger partial charge in [-0.05, 0) is 29.9 Å². The average Bonchev–Trinajstić information content (AvgIpc) is 3.24. The summed E-state index contributed by atoms with van der Waals surface area (Å²) in [5, 5.41) is 14.5. The molecule has 1 aliphatic carbocycles. The van der Waals surface area contributed by atoms with E-state index in [1.165, 1.54) is 11.1 Å². The van der Waals surface area contributed by atoms with Gasteiger partial charge in [0.05, 0.1) is 6.04 Å². The first-order chi connectivity index (χ1) is 11.7. The normalized spacial score (nSPS) is 21.4. The van der Waals surface area contributed by atoms with Gasteiger partial charge in [-0.2, -0.15) is 0 Å². The topological polar surface area (TPSA) is 71.8 Å². The molecule has 0 unspecified atom stereocenters. The van der Waals surface area contributed by atoms with E-state index in [-0.39, 0.29) is 12.1 Å². The van der Waals surface area contributed by atoms with Crippen LogP contribution in [0.15, 0.2) is 24.3 Å². The molecule has 0 bridgehead atoms. The Kier molecular flexibility index (Phi) is 3.96. The van der Waals surface area contributed by atoms with Crippen LogP contribution in [0, 0.1) is 5.92 Å². The first kappa shape index (κ1) is 15.2. The molecule has 6 nitrogen and oxygen atoms in total. The van der Waals surface area contributed by atoms with Crippen molar-refractivity contribution in [1.82, 2.24) is 25.4 Å². The second-order valence-corrected chi connectivity index (χ2v) is 6.80. The van der Waals surface area contributed by atoms with Crippen molar-refractivity contribution in [2.45, 2.75) is 45.2 Å². The molecule has 2 aliphatic rings. The number of aromatic nitrogens is 3. The van der Waals surface area contributed by atoms with Gasteiger partial charge >= 0.3 is 6.03 Å². The average molecular weight is 325 g/mol. The van der Waals surface area contributed by atoms with Gasteiger partial charge in [0.2, 0.25) is 0 Å². The third kappa shape index (κ3) is 2.77. The molecule has 2 atom stereocenters. The largest absolute Gasteiger partial charge is 0.338 e. The van der Waals surface area contributed by atoms with Crippen molar-refractivity contribution in [3.05, 3.63) is 47.0 Å². The summed E-state index contributed by atoms with van der Waals surface area (Å²) >= 11 is 0. The maximum atomic E-state index is 12.3. The first-order valence-electron chi connectivity index (χ1n) is 8.75. The van der Waals surface area contributed by atoms with E-state index in [9.17, 15) is 4.79 Å². The lowest BCUT2D eigenvalue weighted by atomic mass is 10.0. The number of hydrogen-bond donors (Lipinski definition) is 2. The fourth-order valence-electron chi connectivity index (χ4n) is 3.89. The number of fused-ring (bicyclic) bond motifs is 2. The van der Waals surface area contributed by atoms with E-state index in [0.29, 0.717) is 12.5 Å². The van der Waals surface area contributed by atoms with E-state index in [1.807, 2.05) is 6.07 Å². The summed E-state index contributed by atoms with van der Waals surface area (Å²) in [6, 6.07) is 8.35. The van der Waals surface area contributed by atoms with Crippen LogP contribution in [-0.4, -0.2) is 27.3 Å².